The van der Waals surface area contributed by atoms with Crippen LogP contribution in [-0.4, -0.2) is 33.2 Å². The average molecular weight is 274 g/mol. The Kier molecular flexibility index (Phi) is 3.34. The Labute approximate surface area is 114 Å². The second-order valence-electron chi connectivity index (χ2n) is 4.37. The van der Waals surface area contributed by atoms with Crippen molar-refractivity contribution in [1.82, 2.24) is 19.5 Å². The van der Waals surface area contributed by atoms with Gasteiger partial charge >= 0.3 is 5.69 Å². The molecule has 1 N–H and O–H groups in total. The molecule has 20 heavy (non-hydrogen) atoms. The number of aryl methyl sites for hydroxylation is 1. The molecular weight excluding hydrogens is 260 g/mol. The number of ether oxygens (including phenoxy) is 1. The van der Waals surface area contributed by atoms with Gasteiger partial charge in [-0.15, -0.1) is 0 Å². The Balaban J connectivity index is 2.03. The van der Waals surface area contributed by atoms with Crippen LogP contribution in [0.2, 0.25) is 0 Å². The maximum atomic E-state index is 11.9. The Morgan fingerprint density at radius 1 is 1.50 bits per heavy atom. The summed E-state index contributed by atoms with van der Waals surface area (Å²) in [6.07, 6.45) is 5.52. The summed E-state index contributed by atoms with van der Waals surface area (Å²) in [5.74, 6) is 0. The van der Waals surface area contributed by atoms with Crippen LogP contribution < -0.4 is 5.69 Å². The van der Waals surface area contributed by atoms with E-state index in [4.69, 9.17) is 9.15 Å². The van der Waals surface area contributed by atoms with Gasteiger partial charge in [0.15, 0.2) is 11.3 Å². The van der Waals surface area contributed by atoms with Crippen molar-refractivity contribution in [2.24, 2.45) is 0 Å². The summed E-state index contributed by atoms with van der Waals surface area (Å²) in [5, 5.41) is 0. The smallest absolute Gasteiger partial charge is 0.328 e. The molecule has 104 valence electrons. The molecule has 3 heterocycles. The molecule has 0 saturated heterocycles. The summed E-state index contributed by atoms with van der Waals surface area (Å²) in [4.78, 5) is 23.3. The number of aromatic nitrogens is 4. The van der Waals surface area contributed by atoms with E-state index < -0.39 is 0 Å². The molecule has 3 rings (SSSR count). The van der Waals surface area contributed by atoms with Crippen LogP contribution in [0.4, 0.5) is 0 Å². The van der Waals surface area contributed by atoms with Gasteiger partial charge < -0.3 is 9.15 Å². The third kappa shape index (κ3) is 2.23. The first-order valence-electron chi connectivity index (χ1n) is 6.26. The average Bonchev–Trinajstić information content (AvgIpc) is 3.07. The van der Waals surface area contributed by atoms with E-state index in [-0.39, 0.29) is 5.69 Å². The van der Waals surface area contributed by atoms with Crippen LogP contribution in [0.5, 0.6) is 0 Å². The lowest BCUT2D eigenvalue weighted by Gasteiger charge is -2.02. The highest BCUT2D eigenvalue weighted by molar-refractivity contribution is 5.70. The third-order valence-electron chi connectivity index (χ3n) is 3.03. The summed E-state index contributed by atoms with van der Waals surface area (Å²) in [5.41, 5.74) is 2.33. The highest BCUT2D eigenvalue weighted by Gasteiger charge is 2.11. The molecule has 3 aromatic rings. The SMILES string of the molecule is COCCCn1c(=O)[nH]c2ncc(-c3ccoc3)nc21. The van der Waals surface area contributed by atoms with E-state index in [1.165, 1.54) is 0 Å². The molecule has 0 atom stereocenters. The number of H-pyrrole nitrogens is 1. The van der Waals surface area contributed by atoms with Crippen molar-refractivity contribution in [3.63, 3.8) is 0 Å². The van der Waals surface area contributed by atoms with E-state index in [2.05, 4.69) is 15.0 Å². The van der Waals surface area contributed by atoms with Crippen LogP contribution in [0.3, 0.4) is 0 Å². The van der Waals surface area contributed by atoms with E-state index in [1.807, 2.05) is 0 Å². The minimum absolute atomic E-state index is 0.208. The molecule has 0 fully saturated rings. The fourth-order valence-electron chi connectivity index (χ4n) is 2.04. The number of aromatic amines is 1. The first kappa shape index (κ1) is 12.6. The molecule has 7 nitrogen and oxygen atoms in total. The summed E-state index contributed by atoms with van der Waals surface area (Å²) < 4.78 is 11.6. The predicted octanol–water partition coefficient (Wildman–Crippen LogP) is 1.42. The molecular formula is C13H14N4O3. The van der Waals surface area contributed by atoms with Gasteiger partial charge in [0.05, 0.1) is 24.4 Å². The number of nitrogens with zero attached hydrogens (tertiary/aromatic N) is 3. The van der Waals surface area contributed by atoms with E-state index in [1.54, 1.807) is 36.5 Å². The second kappa shape index (κ2) is 5.30. The van der Waals surface area contributed by atoms with Gasteiger partial charge in [0.1, 0.15) is 0 Å². The molecule has 0 spiro atoms. The van der Waals surface area contributed by atoms with E-state index >= 15 is 0 Å². The minimum atomic E-state index is -0.208. The lowest BCUT2D eigenvalue weighted by Crippen LogP contribution is -2.18. The number of methoxy groups -OCH3 is 1. The number of hydrogen-bond acceptors (Lipinski definition) is 5. The molecule has 0 unspecified atom stereocenters. The van der Waals surface area contributed by atoms with E-state index in [9.17, 15) is 4.79 Å². The zero-order valence-corrected chi connectivity index (χ0v) is 11.0. The fourth-order valence-corrected chi connectivity index (χ4v) is 2.04. The Morgan fingerprint density at radius 2 is 2.40 bits per heavy atom. The summed E-state index contributed by atoms with van der Waals surface area (Å²) in [6, 6.07) is 1.80. The largest absolute Gasteiger partial charge is 0.472 e. The van der Waals surface area contributed by atoms with Crippen LogP contribution in [0.25, 0.3) is 22.6 Å². The van der Waals surface area contributed by atoms with Gasteiger partial charge in [-0.05, 0) is 12.5 Å². The summed E-state index contributed by atoms with van der Waals surface area (Å²) in [7, 11) is 1.63. The second-order valence-corrected chi connectivity index (χ2v) is 4.37. The van der Waals surface area contributed by atoms with Crippen molar-refractivity contribution >= 4 is 11.3 Å². The first-order valence-corrected chi connectivity index (χ1v) is 6.26. The molecule has 0 bridgehead atoms. The number of fused-ring (bicyclic) bond motifs is 1. The molecule has 0 aromatic carbocycles. The number of hydrogen-bond donors (Lipinski definition) is 1. The van der Waals surface area contributed by atoms with Crippen molar-refractivity contribution in [2.45, 2.75) is 13.0 Å². The molecule has 0 amide bonds. The minimum Gasteiger partial charge on any atom is -0.472 e. The van der Waals surface area contributed by atoms with Crippen LogP contribution in [-0.2, 0) is 11.3 Å². The highest BCUT2D eigenvalue weighted by atomic mass is 16.5. The maximum Gasteiger partial charge on any atom is 0.328 e. The lowest BCUT2D eigenvalue weighted by molar-refractivity contribution is 0.190. The molecule has 0 aliphatic rings. The van der Waals surface area contributed by atoms with E-state index in [0.29, 0.717) is 30.1 Å². The van der Waals surface area contributed by atoms with Gasteiger partial charge in [-0.3, -0.25) is 9.55 Å². The summed E-state index contributed by atoms with van der Waals surface area (Å²) >= 11 is 0. The number of nitrogens with one attached hydrogen (secondary N) is 1. The predicted molar refractivity (Wildman–Crippen MR) is 72.3 cm³/mol. The van der Waals surface area contributed by atoms with Gasteiger partial charge in [-0.25, -0.2) is 14.8 Å². The van der Waals surface area contributed by atoms with Crippen LogP contribution >= 0.6 is 0 Å². The Morgan fingerprint density at radius 3 is 3.15 bits per heavy atom. The van der Waals surface area contributed by atoms with Crippen LogP contribution in [0.1, 0.15) is 6.42 Å². The number of imidazole rings is 1. The summed E-state index contributed by atoms with van der Waals surface area (Å²) in [6.45, 7) is 1.13. The van der Waals surface area contributed by atoms with Crippen molar-refractivity contribution in [2.75, 3.05) is 13.7 Å². The monoisotopic (exact) mass is 274 g/mol. The van der Waals surface area contributed by atoms with Gasteiger partial charge in [0, 0.05) is 25.8 Å². The quantitative estimate of drug-likeness (QED) is 0.711. The van der Waals surface area contributed by atoms with Gasteiger partial charge in [0.2, 0.25) is 0 Å². The zero-order valence-electron chi connectivity index (χ0n) is 11.0. The van der Waals surface area contributed by atoms with Crippen LogP contribution in [0, 0.1) is 0 Å². The zero-order chi connectivity index (χ0) is 13.9. The maximum absolute atomic E-state index is 11.9. The van der Waals surface area contributed by atoms with Gasteiger partial charge in [0.25, 0.3) is 0 Å². The molecule has 0 aliphatic heterocycles. The Bertz CT molecular complexity index is 758. The first-order chi connectivity index (χ1) is 9.79. The number of rotatable bonds is 5. The standard InChI is InChI=1S/C13H14N4O3/c1-19-5-2-4-17-12-11(16-13(17)18)14-7-10(15-12)9-3-6-20-8-9/h3,6-8H,2,4-5H2,1H3,(H,14,16,18). The lowest BCUT2D eigenvalue weighted by atomic mass is 10.2. The van der Waals surface area contributed by atoms with Crippen molar-refractivity contribution in [1.29, 1.82) is 0 Å². The van der Waals surface area contributed by atoms with Crippen molar-refractivity contribution < 1.29 is 9.15 Å². The Hall–Kier alpha value is -2.41. The van der Waals surface area contributed by atoms with Crippen molar-refractivity contribution in [3.8, 4) is 11.3 Å². The number of furan rings is 1. The fraction of sp³-hybridized carbons (Fsp3) is 0.308. The molecule has 0 saturated carbocycles. The highest BCUT2D eigenvalue weighted by Crippen LogP contribution is 2.18. The van der Waals surface area contributed by atoms with Gasteiger partial charge in [-0.2, -0.15) is 0 Å². The molecule has 3 aromatic heterocycles. The molecule has 0 aliphatic carbocycles. The topological polar surface area (TPSA) is 85.9 Å². The van der Waals surface area contributed by atoms with Crippen LogP contribution in [0.15, 0.2) is 34.0 Å². The van der Waals surface area contributed by atoms with Crippen molar-refractivity contribution in [3.05, 3.63) is 35.3 Å². The third-order valence-corrected chi connectivity index (χ3v) is 3.03. The molecule has 0 radical (unpaired) electrons. The molecule has 7 heteroatoms. The van der Waals surface area contributed by atoms with Gasteiger partial charge in [-0.1, -0.05) is 0 Å². The normalized spacial score (nSPS) is 11.2. The van der Waals surface area contributed by atoms with E-state index in [0.717, 1.165) is 12.0 Å².